The summed E-state index contributed by atoms with van der Waals surface area (Å²) >= 11 is 7.52. The molecule has 0 bridgehead atoms. The van der Waals surface area contributed by atoms with Gasteiger partial charge in [0.1, 0.15) is 5.82 Å². The zero-order valence-electron chi connectivity index (χ0n) is 21.3. The SMILES string of the molecule is C\C=C(Cl)/C=N\C(NCC1C(C)CC(F)(F)CN1C(=O)c1cc(C)sc1-c1ccccn1)=C(\C)CC. The summed E-state index contributed by atoms with van der Waals surface area (Å²) in [6.45, 7) is 9.13. The minimum Gasteiger partial charge on any atom is -0.368 e. The molecule has 1 saturated heterocycles. The number of piperidine rings is 1. The van der Waals surface area contributed by atoms with E-state index in [0.717, 1.165) is 16.9 Å². The molecule has 5 nitrogen and oxygen atoms in total. The molecule has 1 N–H and O–H groups in total. The number of halogens is 3. The molecular formula is C27H33ClF2N4OS. The van der Waals surface area contributed by atoms with Crippen LogP contribution in [0.3, 0.4) is 0 Å². The van der Waals surface area contributed by atoms with Crippen molar-refractivity contribution in [1.29, 1.82) is 0 Å². The number of likely N-dealkylation sites (tertiary alicyclic amines) is 1. The van der Waals surface area contributed by atoms with Crippen LogP contribution >= 0.6 is 22.9 Å². The van der Waals surface area contributed by atoms with E-state index < -0.39 is 30.3 Å². The molecule has 2 aromatic heterocycles. The van der Waals surface area contributed by atoms with E-state index in [1.807, 2.05) is 39.8 Å². The van der Waals surface area contributed by atoms with Gasteiger partial charge in [-0.3, -0.25) is 9.78 Å². The van der Waals surface area contributed by atoms with Crippen LogP contribution in [0.2, 0.25) is 0 Å². The fourth-order valence-corrected chi connectivity index (χ4v) is 5.30. The largest absolute Gasteiger partial charge is 0.368 e. The molecule has 0 aliphatic carbocycles. The Morgan fingerprint density at radius 1 is 1.42 bits per heavy atom. The van der Waals surface area contributed by atoms with Gasteiger partial charge in [0.2, 0.25) is 0 Å². The first-order valence-electron chi connectivity index (χ1n) is 12.1. The Labute approximate surface area is 221 Å². The van der Waals surface area contributed by atoms with E-state index in [-0.39, 0.29) is 6.42 Å². The second-order valence-electron chi connectivity index (χ2n) is 9.15. The first-order valence-corrected chi connectivity index (χ1v) is 13.3. The number of hydrogen-bond acceptors (Lipinski definition) is 5. The number of hydrogen-bond donors (Lipinski definition) is 1. The monoisotopic (exact) mass is 534 g/mol. The van der Waals surface area contributed by atoms with Gasteiger partial charge in [-0.1, -0.05) is 37.6 Å². The summed E-state index contributed by atoms with van der Waals surface area (Å²) in [5.41, 5.74) is 2.07. The standard InChI is InChI=1S/C27H33ClF2N4OS/c1-6-17(3)25(32-14-20(28)7-2)33-15-23-18(4)13-27(29,30)16-34(23)26(35)21-12-19(5)36-24(21)22-10-8-9-11-31-22/h7-12,14,18,23,33H,6,13,15-16H2,1-5H3/b20-7+,25-17+,32-14-. The van der Waals surface area contributed by atoms with E-state index in [0.29, 0.717) is 33.5 Å². The normalized spacial score (nSPS) is 21.0. The van der Waals surface area contributed by atoms with E-state index in [1.54, 1.807) is 37.5 Å². The number of aryl methyl sites for hydroxylation is 1. The Balaban J connectivity index is 1.93. The molecule has 0 spiro atoms. The smallest absolute Gasteiger partial charge is 0.265 e. The van der Waals surface area contributed by atoms with Gasteiger partial charge in [0.25, 0.3) is 11.8 Å². The molecule has 0 radical (unpaired) electrons. The Morgan fingerprint density at radius 3 is 2.81 bits per heavy atom. The lowest BCUT2D eigenvalue weighted by Crippen LogP contribution is -2.58. The van der Waals surface area contributed by atoms with E-state index in [4.69, 9.17) is 11.6 Å². The number of nitrogens with one attached hydrogen (secondary N) is 1. The number of nitrogens with zero attached hydrogens (tertiary/aromatic N) is 3. The highest BCUT2D eigenvalue weighted by Crippen LogP contribution is 2.38. The van der Waals surface area contributed by atoms with Crippen molar-refractivity contribution >= 4 is 35.1 Å². The Morgan fingerprint density at radius 2 is 2.17 bits per heavy atom. The van der Waals surface area contributed by atoms with Crippen LogP contribution in [0.25, 0.3) is 10.6 Å². The predicted molar refractivity (Wildman–Crippen MR) is 145 cm³/mol. The molecule has 1 aliphatic heterocycles. The Kier molecular flexibility index (Phi) is 9.41. The molecule has 3 heterocycles. The van der Waals surface area contributed by atoms with Crippen LogP contribution in [0.1, 0.15) is 55.8 Å². The first kappa shape index (κ1) is 28.0. The van der Waals surface area contributed by atoms with Gasteiger partial charge in [-0.2, -0.15) is 0 Å². The number of pyridine rings is 1. The lowest BCUT2D eigenvalue weighted by atomic mass is 9.87. The van der Waals surface area contributed by atoms with Crippen molar-refractivity contribution in [3.8, 4) is 10.6 Å². The van der Waals surface area contributed by atoms with E-state index >= 15 is 0 Å². The fourth-order valence-electron chi connectivity index (χ4n) is 4.27. The molecule has 0 aromatic carbocycles. The van der Waals surface area contributed by atoms with Crippen molar-refractivity contribution in [3.05, 3.63) is 63.4 Å². The molecule has 2 atom stereocenters. The lowest BCUT2D eigenvalue weighted by molar-refractivity contribution is -0.0912. The average Bonchev–Trinajstić information content (AvgIpc) is 3.25. The number of aliphatic imine (C=N–C) groups is 1. The van der Waals surface area contributed by atoms with Crippen molar-refractivity contribution in [1.82, 2.24) is 15.2 Å². The van der Waals surface area contributed by atoms with Gasteiger partial charge < -0.3 is 10.2 Å². The Hall–Kier alpha value is -2.58. The summed E-state index contributed by atoms with van der Waals surface area (Å²) in [5, 5.41) is 3.81. The van der Waals surface area contributed by atoms with E-state index in [9.17, 15) is 13.6 Å². The third-order valence-corrected chi connectivity index (χ3v) is 7.72. The Bertz CT molecular complexity index is 1160. The minimum absolute atomic E-state index is 0.279. The predicted octanol–water partition coefficient (Wildman–Crippen LogP) is 7.05. The topological polar surface area (TPSA) is 57.6 Å². The van der Waals surface area contributed by atoms with Gasteiger partial charge in [0, 0.05) is 30.3 Å². The molecule has 3 rings (SSSR count). The summed E-state index contributed by atoms with van der Waals surface area (Å²) < 4.78 is 29.5. The molecular weight excluding hydrogens is 502 g/mol. The minimum atomic E-state index is -2.96. The van der Waals surface area contributed by atoms with Crippen LogP contribution in [0, 0.1) is 12.8 Å². The summed E-state index contributed by atoms with van der Waals surface area (Å²) in [6, 6.07) is 6.80. The van der Waals surface area contributed by atoms with Crippen molar-refractivity contribution < 1.29 is 13.6 Å². The number of alkyl halides is 2. The third-order valence-electron chi connectivity index (χ3n) is 6.33. The lowest BCUT2D eigenvalue weighted by Gasteiger charge is -2.43. The summed E-state index contributed by atoms with van der Waals surface area (Å²) in [7, 11) is 0. The van der Waals surface area contributed by atoms with Crippen LogP contribution < -0.4 is 5.32 Å². The van der Waals surface area contributed by atoms with Crippen LogP contribution in [-0.2, 0) is 0 Å². The zero-order valence-corrected chi connectivity index (χ0v) is 22.9. The number of amides is 1. The van der Waals surface area contributed by atoms with Gasteiger partial charge in [0.05, 0.1) is 33.8 Å². The third kappa shape index (κ3) is 6.79. The molecule has 1 aliphatic rings. The molecule has 36 heavy (non-hydrogen) atoms. The van der Waals surface area contributed by atoms with Gasteiger partial charge in [0.15, 0.2) is 0 Å². The van der Waals surface area contributed by atoms with Crippen molar-refractivity contribution in [2.45, 2.75) is 59.4 Å². The quantitative estimate of drug-likeness (QED) is 0.369. The molecule has 9 heteroatoms. The van der Waals surface area contributed by atoms with Crippen LogP contribution in [-0.4, -0.2) is 47.1 Å². The van der Waals surface area contributed by atoms with Gasteiger partial charge >= 0.3 is 0 Å². The highest BCUT2D eigenvalue weighted by molar-refractivity contribution is 7.15. The second-order valence-corrected chi connectivity index (χ2v) is 10.8. The number of allylic oxidation sites excluding steroid dienone is 3. The van der Waals surface area contributed by atoms with Crippen molar-refractivity contribution in [2.24, 2.45) is 10.9 Å². The van der Waals surface area contributed by atoms with Crippen LogP contribution in [0.5, 0.6) is 0 Å². The molecule has 1 amide bonds. The van der Waals surface area contributed by atoms with Crippen LogP contribution in [0.4, 0.5) is 8.78 Å². The second kappa shape index (κ2) is 12.1. The number of rotatable bonds is 8. The zero-order chi connectivity index (χ0) is 26.5. The van der Waals surface area contributed by atoms with Crippen molar-refractivity contribution in [2.75, 3.05) is 13.1 Å². The number of carbonyl (C=O) groups excluding carboxylic acids is 1. The van der Waals surface area contributed by atoms with Crippen molar-refractivity contribution in [3.63, 3.8) is 0 Å². The average molecular weight is 535 g/mol. The molecule has 2 aromatic rings. The fraction of sp³-hybridized carbons (Fsp3) is 0.444. The summed E-state index contributed by atoms with van der Waals surface area (Å²) in [4.78, 5) is 25.6. The highest BCUT2D eigenvalue weighted by atomic mass is 35.5. The maximum atomic E-state index is 14.7. The molecule has 1 fully saturated rings. The van der Waals surface area contributed by atoms with E-state index in [2.05, 4.69) is 15.3 Å². The number of aromatic nitrogens is 1. The van der Waals surface area contributed by atoms with Gasteiger partial charge in [-0.05, 0) is 56.9 Å². The number of carbonyl (C=O) groups is 1. The number of thiophene rings is 1. The molecule has 0 saturated carbocycles. The maximum absolute atomic E-state index is 14.7. The first-order chi connectivity index (χ1) is 17.1. The molecule has 2 unspecified atom stereocenters. The summed E-state index contributed by atoms with van der Waals surface area (Å²) in [5.74, 6) is -3.15. The highest BCUT2D eigenvalue weighted by Gasteiger charge is 2.46. The van der Waals surface area contributed by atoms with Gasteiger partial charge in [-0.15, -0.1) is 11.3 Å². The van der Waals surface area contributed by atoms with Crippen LogP contribution in [0.15, 0.2) is 58.0 Å². The molecule has 194 valence electrons. The summed E-state index contributed by atoms with van der Waals surface area (Å²) in [6.07, 6.45) is 5.43. The van der Waals surface area contributed by atoms with Gasteiger partial charge in [-0.25, -0.2) is 13.8 Å². The van der Waals surface area contributed by atoms with E-state index in [1.165, 1.54) is 16.2 Å². The maximum Gasteiger partial charge on any atom is 0.265 e.